The minimum atomic E-state index is 0.284. The lowest BCUT2D eigenvalue weighted by atomic mass is 10.2. The molecule has 19 heavy (non-hydrogen) atoms. The fourth-order valence-corrected chi connectivity index (χ4v) is 2.73. The molecule has 0 fully saturated rings. The number of nitrogens with two attached hydrogens (primary N) is 1. The molecule has 0 unspecified atom stereocenters. The molecule has 2 aromatic rings. The van der Waals surface area contributed by atoms with Crippen molar-refractivity contribution in [1.29, 1.82) is 0 Å². The van der Waals surface area contributed by atoms with Crippen LogP contribution in [0.3, 0.4) is 0 Å². The van der Waals surface area contributed by atoms with E-state index in [1.54, 1.807) is 6.20 Å². The Morgan fingerprint density at radius 1 is 1.26 bits per heavy atom. The van der Waals surface area contributed by atoms with Gasteiger partial charge in [0, 0.05) is 10.7 Å². The summed E-state index contributed by atoms with van der Waals surface area (Å²) in [5.74, 6) is 0.775. The molecule has 1 aromatic heterocycles. The maximum absolute atomic E-state index is 5.73. The molecule has 98 valence electrons. The maximum Gasteiger partial charge on any atom is 0.134 e. The molecule has 3 nitrogen and oxygen atoms in total. The first kappa shape index (κ1) is 14.4. The average Bonchev–Trinajstić information content (AvgIpc) is 2.38. The van der Waals surface area contributed by atoms with Gasteiger partial charge in [0.25, 0.3) is 0 Å². The molecule has 2 rings (SSSR count). The fraction of sp³-hybridized carbons (Fsp3) is 0.0769. The quantitative estimate of drug-likeness (QED) is 0.791. The van der Waals surface area contributed by atoms with Crippen LogP contribution in [0.2, 0.25) is 0 Å². The lowest BCUT2D eigenvalue weighted by Crippen LogP contribution is -2.12. The molecular formula is C13H10Br2N2OS. The highest BCUT2D eigenvalue weighted by atomic mass is 79.9. The lowest BCUT2D eigenvalue weighted by molar-refractivity contribution is 0.304. The van der Waals surface area contributed by atoms with E-state index in [0.29, 0.717) is 12.3 Å². The van der Waals surface area contributed by atoms with Crippen molar-refractivity contribution >= 4 is 49.1 Å². The normalized spacial score (nSPS) is 10.2. The van der Waals surface area contributed by atoms with Gasteiger partial charge >= 0.3 is 0 Å². The van der Waals surface area contributed by atoms with Crippen molar-refractivity contribution in [3.05, 3.63) is 56.7 Å². The number of ether oxygens (including phenoxy) is 1. The number of nitrogens with zero attached hydrogens (tertiary/aromatic N) is 1. The molecule has 1 aromatic carbocycles. The monoisotopic (exact) mass is 400 g/mol. The summed E-state index contributed by atoms with van der Waals surface area (Å²) in [5, 5.41) is 0. The number of aromatic nitrogens is 1. The number of hydrogen-bond acceptors (Lipinski definition) is 3. The second-order valence-corrected chi connectivity index (χ2v) is 5.99. The number of thiocarbonyl (C=S) groups is 1. The molecule has 0 saturated heterocycles. The lowest BCUT2D eigenvalue weighted by Gasteiger charge is -2.09. The summed E-state index contributed by atoms with van der Waals surface area (Å²) >= 11 is 11.7. The molecule has 0 amide bonds. The molecule has 0 aliphatic carbocycles. The summed E-state index contributed by atoms with van der Waals surface area (Å²) in [6.45, 7) is 0.429. The highest BCUT2D eigenvalue weighted by Gasteiger charge is 2.04. The van der Waals surface area contributed by atoms with Crippen LogP contribution in [0, 0.1) is 0 Å². The first-order valence-corrected chi connectivity index (χ1v) is 7.38. The van der Waals surface area contributed by atoms with Crippen LogP contribution >= 0.6 is 44.1 Å². The van der Waals surface area contributed by atoms with Crippen LogP contribution in [-0.4, -0.2) is 9.97 Å². The van der Waals surface area contributed by atoms with Crippen LogP contribution in [0.4, 0.5) is 0 Å². The van der Waals surface area contributed by atoms with Crippen molar-refractivity contribution in [3.63, 3.8) is 0 Å². The molecule has 1 heterocycles. The van der Waals surface area contributed by atoms with Crippen LogP contribution in [0.25, 0.3) is 0 Å². The van der Waals surface area contributed by atoms with Crippen molar-refractivity contribution in [1.82, 2.24) is 4.98 Å². The van der Waals surface area contributed by atoms with Gasteiger partial charge in [-0.2, -0.15) is 0 Å². The molecule has 0 saturated carbocycles. The smallest absolute Gasteiger partial charge is 0.134 e. The number of halogens is 2. The number of hydrogen-bond donors (Lipinski definition) is 1. The molecule has 0 aliphatic rings. The van der Waals surface area contributed by atoms with Gasteiger partial charge in [-0.15, -0.1) is 0 Å². The van der Waals surface area contributed by atoms with Crippen LogP contribution in [0.5, 0.6) is 5.75 Å². The topological polar surface area (TPSA) is 48.1 Å². The maximum atomic E-state index is 5.73. The van der Waals surface area contributed by atoms with E-state index < -0.39 is 0 Å². The van der Waals surface area contributed by atoms with E-state index in [2.05, 4.69) is 36.8 Å². The van der Waals surface area contributed by atoms with Crippen LogP contribution in [0.15, 0.2) is 45.5 Å². The molecular weight excluding hydrogens is 392 g/mol. The van der Waals surface area contributed by atoms with Gasteiger partial charge < -0.3 is 10.5 Å². The number of benzene rings is 1. The van der Waals surface area contributed by atoms with E-state index in [1.165, 1.54) is 0 Å². The Hall–Kier alpha value is -0.980. The molecule has 0 radical (unpaired) electrons. The van der Waals surface area contributed by atoms with Gasteiger partial charge in [-0.1, -0.05) is 28.1 Å². The highest BCUT2D eigenvalue weighted by Crippen LogP contribution is 2.28. The predicted octanol–water partition coefficient (Wildman–Crippen LogP) is 3.82. The summed E-state index contributed by atoms with van der Waals surface area (Å²) in [7, 11) is 0. The van der Waals surface area contributed by atoms with Crippen LogP contribution in [0.1, 0.15) is 11.3 Å². The van der Waals surface area contributed by atoms with Gasteiger partial charge in [-0.25, -0.2) is 0 Å². The van der Waals surface area contributed by atoms with E-state index in [4.69, 9.17) is 22.7 Å². The van der Waals surface area contributed by atoms with Gasteiger partial charge in [0.1, 0.15) is 17.3 Å². The largest absolute Gasteiger partial charge is 0.488 e. The molecule has 2 N–H and O–H groups in total. The Morgan fingerprint density at radius 2 is 2.05 bits per heavy atom. The van der Waals surface area contributed by atoms with Crippen LogP contribution in [-0.2, 0) is 6.61 Å². The second-order valence-electron chi connectivity index (χ2n) is 3.78. The van der Waals surface area contributed by atoms with E-state index >= 15 is 0 Å². The summed E-state index contributed by atoms with van der Waals surface area (Å²) in [6.07, 6.45) is 1.67. The van der Waals surface area contributed by atoms with Crippen molar-refractivity contribution in [2.45, 2.75) is 6.61 Å². The van der Waals surface area contributed by atoms with E-state index in [9.17, 15) is 0 Å². The third-order valence-corrected chi connectivity index (χ3v) is 3.69. The SMILES string of the molecule is NC(=S)c1cc(COc2ccc(Br)cc2Br)ccn1. The third kappa shape index (κ3) is 3.99. The Kier molecular flexibility index (Phi) is 4.90. The molecule has 0 bridgehead atoms. The first-order valence-electron chi connectivity index (χ1n) is 5.39. The standard InChI is InChI=1S/C13H10Br2N2OS/c14-9-1-2-12(10(15)6-9)18-7-8-3-4-17-11(5-8)13(16)19/h1-6H,7H2,(H2,16,19). The van der Waals surface area contributed by atoms with Gasteiger partial charge in [0.15, 0.2) is 0 Å². The van der Waals surface area contributed by atoms with Crippen molar-refractivity contribution < 1.29 is 4.74 Å². The summed E-state index contributed by atoms with van der Waals surface area (Å²) < 4.78 is 7.62. The Balaban J connectivity index is 2.10. The minimum absolute atomic E-state index is 0.284. The fourth-order valence-electron chi connectivity index (χ4n) is 1.45. The third-order valence-electron chi connectivity index (χ3n) is 2.37. The van der Waals surface area contributed by atoms with Crippen molar-refractivity contribution in [3.8, 4) is 5.75 Å². The molecule has 0 aliphatic heterocycles. The summed E-state index contributed by atoms with van der Waals surface area (Å²) in [6, 6.07) is 9.45. The second kappa shape index (κ2) is 6.45. The number of pyridine rings is 1. The van der Waals surface area contributed by atoms with Crippen molar-refractivity contribution in [2.75, 3.05) is 0 Å². The Bertz CT molecular complexity index is 619. The molecule has 0 spiro atoms. The number of rotatable bonds is 4. The zero-order valence-electron chi connectivity index (χ0n) is 9.77. The average molecular weight is 402 g/mol. The Labute approximate surface area is 133 Å². The van der Waals surface area contributed by atoms with Gasteiger partial charge in [-0.3, -0.25) is 4.98 Å². The van der Waals surface area contributed by atoms with Gasteiger partial charge in [-0.05, 0) is 51.8 Å². The summed E-state index contributed by atoms with van der Waals surface area (Å²) in [5.41, 5.74) is 7.11. The zero-order valence-corrected chi connectivity index (χ0v) is 13.8. The predicted molar refractivity (Wildman–Crippen MR) is 86.3 cm³/mol. The van der Waals surface area contributed by atoms with Crippen molar-refractivity contribution in [2.24, 2.45) is 5.73 Å². The zero-order chi connectivity index (χ0) is 13.8. The summed E-state index contributed by atoms with van der Waals surface area (Å²) in [4.78, 5) is 4.37. The minimum Gasteiger partial charge on any atom is -0.488 e. The van der Waals surface area contributed by atoms with E-state index in [-0.39, 0.29) is 4.99 Å². The first-order chi connectivity index (χ1) is 9.06. The van der Waals surface area contributed by atoms with Gasteiger partial charge in [0.05, 0.1) is 10.2 Å². The van der Waals surface area contributed by atoms with Gasteiger partial charge in [0.2, 0.25) is 0 Å². The van der Waals surface area contributed by atoms with E-state index in [0.717, 1.165) is 20.3 Å². The molecule has 6 heteroatoms. The van der Waals surface area contributed by atoms with E-state index in [1.807, 2.05) is 30.3 Å². The molecule has 0 atom stereocenters. The highest BCUT2D eigenvalue weighted by molar-refractivity contribution is 9.11. The van der Waals surface area contributed by atoms with Crippen LogP contribution < -0.4 is 10.5 Å². The Morgan fingerprint density at radius 3 is 2.74 bits per heavy atom.